The Morgan fingerprint density at radius 2 is 2.03 bits per heavy atom. The van der Waals surface area contributed by atoms with Crippen LogP contribution in [0.3, 0.4) is 0 Å². The Bertz CT molecular complexity index is 1170. The Kier molecular flexibility index (Phi) is 6.77. The van der Waals surface area contributed by atoms with Gasteiger partial charge in [0.2, 0.25) is 5.91 Å². The Labute approximate surface area is 196 Å². The molecule has 9 nitrogen and oxygen atoms in total. The van der Waals surface area contributed by atoms with Gasteiger partial charge in [-0.25, -0.2) is 13.4 Å². The highest BCUT2D eigenvalue weighted by molar-refractivity contribution is 7.92. The van der Waals surface area contributed by atoms with E-state index in [4.69, 9.17) is 4.74 Å². The van der Waals surface area contributed by atoms with E-state index in [0.29, 0.717) is 37.4 Å². The number of nitrogens with zero attached hydrogens (tertiary/aromatic N) is 1. The number of ether oxygens (including phenoxy) is 1. The predicted molar refractivity (Wildman–Crippen MR) is 124 cm³/mol. The lowest BCUT2D eigenvalue weighted by Crippen LogP contribution is -2.32. The highest BCUT2D eigenvalue weighted by Gasteiger charge is 2.41. The van der Waals surface area contributed by atoms with Gasteiger partial charge in [0.1, 0.15) is 0 Å². The first-order valence-corrected chi connectivity index (χ1v) is 13.5. The molecule has 1 unspecified atom stereocenters. The van der Waals surface area contributed by atoms with Crippen LogP contribution in [-0.2, 0) is 25.0 Å². The van der Waals surface area contributed by atoms with Gasteiger partial charge < -0.3 is 20.1 Å². The number of pyridine rings is 1. The molecule has 4 rings (SSSR count). The van der Waals surface area contributed by atoms with Crippen LogP contribution in [-0.4, -0.2) is 47.9 Å². The molecule has 1 saturated carbocycles. The number of rotatable bonds is 8. The molecule has 11 heteroatoms. The number of sulfone groups is 1. The van der Waals surface area contributed by atoms with E-state index in [9.17, 15) is 23.1 Å². The van der Waals surface area contributed by atoms with E-state index >= 15 is 0 Å². The summed E-state index contributed by atoms with van der Waals surface area (Å²) in [5.74, 6) is -1.33. The van der Waals surface area contributed by atoms with Gasteiger partial charge >= 0.3 is 0 Å². The third-order valence-corrected chi connectivity index (χ3v) is 9.69. The molecule has 1 aliphatic carbocycles. The molecule has 2 aromatic heterocycles. The van der Waals surface area contributed by atoms with Gasteiger partial charge in [-0.15, -0.1) is 0 Å². The minimum absolute atomic E-state index is 0.00680. The lowest BCUT2D eigenvalue weighted by molar-refractivity contribution is -0.118. The van der Waals surface area contributed by atoms with Gasteiger partial charge in [0.25, 0.3) is 5.56 Å². The molecule has 0 spiro atoms. The number of amides is 1. The monoisotopic (exact) mass is 495 g/mol. The Morgan fingerprint density at radius 1 is 1.33 bits per heavy atom. The van der Waals surface area contributed by atoms with Crippen LogP contribution in [0.5, 0.6) is 0 Å². The van der Waals surface area contributed by atoms with E-state index in [1.54, 1.807) is 13.8 Å². The fourth-order valence-corrected chi connectivity index (χ4v) is 6.82. The second-order valence-corrected chi connectivity index (χ2v) is 12.5. The molecule has 0 radical (unpaired) electrons. The van der Waals surface area contributed by atoms with Crippen LogP contribution < -0.4 is 10.9 Å². The molecule has 2 aliphatic rings. The maximum Gasteiger partial charge on any atom is 0.253 e. The third kappa shape index (κ3) is 5.37. The number of aliphatic hydroxyl groups is 1. The molecule has 1 amide bonds. The number of thiazole rings is 1. The number of nitrogens with one attached hydrogen (secondary N) is 2. The zero-order valence-electron chi connectivity index (χ0n) is 18.7. The second-order valence-electron chi connectivity index (χ2n) is 9.25. The summed E-state index contributed by atoms with van der Waals surface area (Å²) in [4.78, 5) is 33.7. The van der Waals surface area contributed by atoms with Crippen molar-refractivity contribution in [2.24, 2.45) is 5.92 Å². The summed E-state index contributed by atoms with van der Waals surface area (Å²) in [6.07, 6.45) is 5.74. The van der Waals surface area contributed by atoms with Gasteiger partial charge in [0.15, 0.2) is 15.0 Å². The van der Waals surface area contributed by atoms with Gasteiger partial charge in [0.05, 0.1) is 26.5 Å². The average Bonchev–Trinajstić information content (AvgIpc) is 3.52. The first-order chi connectivity index (χ1) is 15.6. The van der Waals surface area contributed by atoms with Crippen molar-refractivity contribution in [3.05, 3.63) is 39.3 Å². The first-order valence-electron chi connectivity index (χ1n) is 11.1. The van der Waals surface area contributed by atoms with E-state index in [-0.39, 0.29) is 21.5 Å². The SMILES string of the molecule is CC(C)(O)c1cnc(NC(=O)C(CC2CCOCC2)c2c(S(=O)(=O)C3CC3)cc[nH]c2=O)s1. The van der Waals surface area contributed by atoms with Crippen molar-refractivity contribution in [2.45, 2.75) is 67.6 Å². The summed E-state index contributed by atoms with van der Waals surface area (Å²) in [5.41, 5.74) is -1.68. The highest BCUT2D eigenvalue weighted by atomic mass is 32.2. The molecule has 33 heavy (non-hydrogen) atoms. The highest BCUT2D eigenvalue weighted by Crippen LogP contribution is 2.38. The molecular formula is C22H29N3O6S2. The maximum absolute atomic E-state index is 13.5. The van der Waals surface area contributed by atoms with Crippen LogP contribution in [0.4, 0.5) is 5.13 Å². The van der Waals surface area contributed by atoms with Gasteiger partial charge in [0, 0.05) is 31.2 Å². The summed E-state index contributed by atoms with van der Waals surface area (Å²) in [6.45, 7) is 4.38. The predicted octanol–water partition coefficient (Wildman–Crippen LogP) is 2.53. The molecule has 2 fully saturated rings. The molecule has 2 aromatic rings. The van der Waals surface area contributed by atoms with Crippen LogP contribution in [0.1, 0.15) is 62.3 Å². The van der Waals surface area contributed by atoms with Crippen LogP contribution in [0.15, 0.2) is 28.2 Å². The Hall–Kier alpha value is -2.08. The van der Waals surface area contributed by atoms with E-state index in [2.05, 4.69) is 15.3 Å². The fraction of sp³-hybridized carbons (Fsp3) is 0.591. The zero-order chi connectivity index (χ0) is 23.8. The lowest BCUT2D eigenvalue weighted by Gasteiger charge is -2.26. The van der Waals surface area contributed by atoms with Crippen molar-refractivity contribution in [3.8, 4) is 0 Å². The maximum atomic E-state index is 13.5. The number of carbonyl (C=O) groups excluding carboxylic acids is 1. The van der Waals surface area contributed by atoms with Gasteiger partial charge in [-0.3, -0.25) is 9.59 Å². The fourth-order valence-electron chi connectivity index (χ4n) is 4.09. The molecule has 1 atom stereocenters. The summed E-state index contributed by atoms with van der Waals surface area (Å²) >= 11 is 1.14. The largest absolute Gasteiger partial charge is 0.385 e. The number of aromatic amines is 1. The number of aromatic nitrogens is 2. The van der Waals surface area contributed by atoms with Crippen LogP contribution in [0.25, 0.3) is 0 Å². The van der Waals surface area contributed by atoms with E-state index < -0.39 is 38.1 Å². The number of hydrogen-bond donors (Lipinski definition) is 3. The standard InChI is InChI=1S/C22H29N3O6S2/c1-22(2,28)17-12-24-21(32-17)25-19(26)15(11-13-6-9-31-10-7-13)18-16(5-8-23-20(18)27)33(29,30)14-3-4-14/h5,8,12-15,28H,3-4,6-7,9-11H2,1-2H3,(H,23,27)(H,24,25,26). The smallest absolute Gasteiger partial charge is 0.253 e. The molecule has 0 bridgehead atoms. The molecule has 3 heterocycles. The van der Waals surface area contributed by atoms with Gasteiger partial charge in [-0.2, -0.15) is 0 Å². The van der Waals surface area contributed by atoms with E-state index in [1.165, 1.54) is 18.5 Å². The zero-order valence-corrected chi connectivity index (χ0v) is 20.3. The van der Waals surface area contributed by atoms with Crippen molar-refractivity contribution < 1.29 is 23.1 Å². The summed E-state index contributed by atoms with van der Waals surface area (Å²) < 4.78 is 31.7. The van der Waals surface area contributed by atoms with Crippen molar-refractivity contribution >= 4 is 32.2 Å². The van der Waals surface area contributed by atoms with Crippen LogP contribution in [0, 0.1) is 5.92 Å². The minimum Gasteiger partial charge on any atom is -0.385 e. The average molecular weight is 496 g/mol. The van der Waals surface area contributed by atoms with Crippen molar-refractivity contribution in [3.63, 3.8) is 0 Å². The molecular weight excluding hydrogens is 466 g/mol. The lowest BCUT2D eigenvalue weighted by atomic mass is 9.85. The second kappa shape index (κ2) is 9.28. The third-order valence-electron chi connectivity index (χ3n) is 6.14. The minimum atomic E-state index is -3.70. The van der Waals surface area contributed by atoms with Crippen LogP contribution >= 0.6 is 11.3 Å². The van der Waals surface area contributed by atoms with Gasteiger partial charge in [-0.05, 0) is 57.9 Å². The van der Waals surface area contributed by atoms with Crippen molar-refractivity contribution in [1.82, 2.24) is 9.97 Å². The van der Waals surface area contributed by atoms with Crippen LogP contribution in [0.2, 0.25) is 0 Å². The van der Waals surface area contributed by atoms with E-state index in [0.717, 1.165) is 24.2 Å². The Morgan fingerprint density at radius 3 is 2.64 bits per heavy atom. The summed E-state index contributed by atoms with van der Waals surface area (Å²) in [5, 5.41) is 12.7. The number of anilines is 1. The van der Waals surface area contributed by atoms with Gasteiger partial charge in [-0.1, -0.05) is 11.3 Å². The number of hydrogen-bond acceptors (Lipinski definition) is 8. The summed E-state index contributed by atoms with van der Waals surface area (Å²) in [6, 6.07) is 1.39. The first kappa shape index (κ1) is 24.1. The van der Waals surface area contributed by atoms with Crippen molar-refractivity contribution in [2.75, 3.05) is 18.5 Å². The normalized spacial score (nSPS) is 18.8. The molecule has 1 aliphatic heterocycles. The number of carbonyl (C=O) groups is 1. The van der Waals surface area contributed by atoms with Crippen molar-refractivity contribution in [1.29, 1.82) is 0 Å². The van der Waals surface area contributed by atoms with E-state index in [1.807, 2.05) is 0 Å². The quantitative estimate of drug-likeness (QED) is 0.511. The Balaban J connectivity index is 1.71. The summed E-state index contributed by atoms with van der Waals surface area (Å²) in [7, 11) is -3.70. The molecule has 180 valence electrons. The number of H-pyrrole nitrogens is 1. The molecule has 0 aromatic carbocycles. The molecule has 1 saturated heterocycles. The topological polar surface area (TPSA) is 138 Å². The molecule has 3 N–H and O–H groups in total.